The Hall–Kier alpha value is -1.56. The highest BCUT2D eigenvalue weighted by molar-refractivity contribution is 7.91. The molecule has 0 spiro atoms. The maximum Gasteiger partial charge on any atom is 0.321 e. The molecule has 19 heavy (non-hydrogen) atoms. The minimum Gasteiger partial charge on any atom is -0.324 e. The lowest BCUT2D eigenvalue weighted by atomic mass is 10.2. The van der Waals surface area contributed by atoms with Gasteiger partial charge in [0, 0.05) is 18.8 Å². The number of hydrogen-bond donors (Lipinski definition) is 1. The zero-order chi connectivity index (χ0) is 14.0. The molecule has 104 valence electrons. The first-order valence-electron chi connectivity index (χ1n) is 6.18. The quantitative estimate of drug-likeness (QED) is 0.897. The molecule has 2 rings (SSSR count). The number of carbonyl (C=O) groups is 1. The molecule has 1 aliphatic rings. The standard InChI is InChI=1S/C13H18N2O3S/c1-10-3-5-11(6-4-10)14-13(16)15(2)12-7-8-19(17,18)9-12/h3-6,12H,7-9H2,1-2H3,(H,14,16)/t12-/m0/s1. The van der Waals surface area contributed by atoms with Crippen LogP contribution in [0.4, 0.5) is 10.5 Å². The molecule has 0 unspecified atom stereocenters. The van der Waals surface area contributed by atoms with Gasteiger partial charge in [0.15, 0.2) is 9.84 Å². The van der Waals surface area contributed by atoms with Crippen molar-refractivity contribution < 1.29 is 13.2 Å². The number of nitrogens with one attached hydrogen (secondary N) is 1. The van der Waals surface area contributed by atoms with E-state index in [1.807, 2.05) is 31.2 Å². The van der Waals surface area contributed by atoms with E-state index in [1.54, 1.807) is 7.05 Å². The predicted octanol–water partition coefficient (Wildman–Crippen LogP) is 1.65. The van der Waals surface area contributed by atoms with Crippen LogP contribution in [0, 0.1) is 6.92 Å². The van der Waals surface area contributed by atoms with Crippen LogP contribution in [0.5, 0.6) is 0 Å². The van der Waals surface area contributed by atoms with Crippen LogP contribution in [-0.2, 0) is 9.84 Å². The van der Waals surface area contributed by atoms with Crippen molar-refractivity contribution in [2.24, 2.45) is 0 Å². The average molecular weight is 282 g/mol. The maximum absolute atomic E-state index is 12.0. The number of aryl methyl sites for hydroxylation is 1. The fourth-order valence-electron chi connectivity index (χ4n) is 2.10. The van der Waals surface area contributed by atoms with Gasteiger partial charge in [-0.2, -0.15) is 0 Å². The Morgan fingerprint density at radius 1 is 1.32 bits per heavy atom. The summed E-state index contributed by atoms with van der Waals surface area (Å²) in [6, 6.07) is 6.98. The fourth-order valence-corrected chi connectivity index (χ4v) is 3.87. The molecule has 0 aliphatic carbocycles. The number of anilines is 1. The van der Waals surface area contributed by atoms with E-state index in [4.69, 9.17) is 0 Å². The zero-order valence-electron chi connectivity index (χ0n) is 11.1. The Morgan fingerprint density at radius 2 is 1.95 bits per heavy atom. The van der Waals surface area contributed by atoms with Gasteiger partial charge in [0.05, 0.1) is 11.5 Å². The molecule has 1 saturated heterocycles. The molecule has 0 saturated carbocycles. The Balaban J connectivity index is 1.98. The van der Waals surface area contributed by atoms with Gasteiger partial charge in [-0.1, -0.05) is 17.7 Å². The monoisotopic (exact) mass is 282 g/mol. The van der Waals surface area contributed by atoms with E-state index in [2.05, 4.69) is 5.32 Å². The molecule has 1 aromatic rings. The van der Waals surface area contributed by atoms with E-state index in [1.165, 1.54) is 4.90 Å². The van der Waals surface area contributed by atoms with Crippen molar-refractivity contribution in [3.05, 3.63) is 29.8 Å². The van der Waals surface area contributed by atoms with Crippen molar-refractivity contribution in [3.63, 3.8) is 0 Å². The predicted molar refractivity (Wildman–Crippen MR) is 75.0 cm³/mol. The van der Waals surface area contributed by atoms with Crippen molar-refractivity contribution >= 4 is 21.6 Å². The summed E-state index contributed by atoms with van der Waals surface area (Å²) in [5.41, 5.74) is 1.83. The minimum absolute atomic E-state index is 0.0603. The lowest BCUT2D eigenvalue weighted by molar-refractivity contribution is 0.209. The van der Waals surface area contributed by atoms with Crippen molar-refractivity contribution in [2.75, 3.05) is 23.9 Å². The summed E-state index contributed by atoms with van der Waals surface area (Å²) in [5, 5.41) is 2.77. The molecular weight excluding hydrogens is 264 g/mol. The largest absolute Gasteiger partial charge is 0.324 e. The Labute approximate surface area is 113 Å². The van der Waals surface area contributed by atoms with Crippen molar-refractivity contribution in [2.45, 2.75) is 19.4 Å². The number of hydrogen-bond acceptors (Lipinski definition) is 3. The fraction of sp³-hybridized carbons (Fsp3) is 0.462. The van der Waals surface area contributed by atoms with E-state index in [0.717, 1.165) is 5.56 Å². The summed E-state index contributed by atoms with van der Waals surface area (Å²) in [4.78, 5) is 13.5. The van der Waals surface area contributed by atoms with Gasteiger partial charge in [0.1, 0.15) is 0 Å². The lowest BCUT2D eigenvalue weighted by Gasteiger charge is -2.23. The Bertz CT molecular complexity index is 566. The Morgan fingerprint density at radius 3 is 2.47 bits per heavy atom. The van der Waals surface area contributed by atoms with Crippen LogP contribution in [0.1, 0.15) is 12.0 Å². The van der Waals surface area contributed by atoms with Crippen molar-refractivity contribution in [1.29, 1.82) is 0 Å². The summed E-state index contributed by atoms with van der Waals surface area (Å²) < 4.78 is 22.8. The number of sulfone groups is 1. The summed E-state index contributed by atoms with van der Waals surface area (Å²) in [5.74, 6) is 0.227. The molecule has 1 N–H and O–H groups in total. The molecule has 0 bridgehead atoms. The van der Waals surface area contributed by atoms with E-state index < -0.39 is 9.84 Å². The van der Waals surface area contributed by atoms with Crippen LogP contribution in [0.2, 0.25) is 0 Å². The highest BCUT2D eigenvalue weighted by atomic mass is 32.2. The van der Waals surface area contributed by atoms with Crippen LogP contribution in [0.15, 0.2) is 24.3 Å². The summed E-state index contributed by atoms with van der Waals surface area (Å²) in [6.45, 7) is 1.97. The van der Waals surface area contributed by atoms with E-state index in [9.17, 15) is 13.2 Å². The van der Waals surface area contributed by atoms with Gasteiger partial charge < -0.3 is 10.2 Å². The van der Waals surface area contributed by atoms with Crippen molar-refractivity contribution in [1.82, 2.24) is 4.90 Å². The first kappa shape index (κ1) is 13.9. The Kier molecular flexibility index (Phi) is 3.80. The van der Waals surface area contributed by atoms with Gasteiger partial charge in [0.25, 0.3) is 0 Å². The van der Waals surface area contributed by atoms with E-state index in [-0.39, 0.29) is 23.6 Å². The van der Waals surface area contributed by atoms with Gasteiger partial charge in [-0.05, 0) is 25.5 Å². The van der Waals surface area contributed by atoms with Gasteiger partial charge in [0.2, 0.25) is 0 Å². The zero-order valence-corrected chi connectivity index (χ0v) is 11.9. The average Bonchev–Trinajstić information content (AvgIpc) is 2.71. The number of amides is 2. The third-order valence-electron chi connectivity index (χ3n) is 3.38. The molecular formula is C13H18N2O3S. The number of nitrogens with zero attached hydrogens (tertiary/aromatic N) is 1. The summed E-state index contributed by atoms with van der Waals surface area (Å²) >= 11 is 0. The number of carbonyl (C=O) groups excluding carboxylic acids is 1. The molecule has 5 nitrogen and oxygen atoms in total. The van der Waals surface area contributed by atoms with Crippen LogP contribution in [0.25, 0.3) is 0 Å². The van der Waals surface area contributed by atoms with Crippen LogP contribution >= 0.6 is 0 Å². The first-order valence-corrected chi connectivity index (χ1v) is 8.00. The molecule has 1 aliphatic heterocycles. The normalized spacial score (nSPS) is 21.1. The van der Waals surface area contributed by atoms with Crippen LogP contribution in [-0.4, -0.2) is 43.9 Å². The molecule has 1 aromatic carbocycles. The van der Waals surface area contributed by atoms with Crippen LogP contribution < -0.4 is 5.32 Å². The van der Waals surface area contributed by atoms with Crippen LogP contribution in [0.3, 0.4) is 0 Å². The van der Waals surface area contributed by atoms with E-state index in [0.29, 0.717) is 12.1 Å². The second-order valence-corrected chi connectivity index (χ2v) is 7.19. The molecule has 1 atom stereocenters. The maximum atomic E-state index is 12.0. The number of urea groups is 1. The van der Waals surface area contributed by atoms with Gasteiger partial charge in [-0.25, -0.2) is 13.2 Å². The molecule has 6 heteroatoms. The second kappa shape index (κ2) is 5.21. The van der Waals surface area contributed by atoms with Gasteiger partial charge in [-0.3, -0.25) is 0 Å². The number of benzene rings is 1. The highest BCUT2D eigenvalue weighted by Gasteiger charge is 2.32. The SMILES string of the molecule is Cc1ccc(NC(=O)N(C)[C@H]2CCS(=O)(=O)C2)cc1. The summed E-state index contributed by atoms with van der Waals surface area (Å²) in [6.07, 6.45) is 0.514. The molecule has 0 radical (unpaired) electrons. The molecule has 2 amide bonds. The van der Waals surface area contributed by atoms with Gasteiger partial charge >= 0.3 is 6.03 Å². The first-order chi connectivity index (χ1) is 8.87. The third-order valence-corrected chi connectivity index (χ3v) is 5.13. The second-order valence-electron chi connectivity index (χ2n) is 4.96. The van der Waals surface area contributed by atoms with E-state index >= 15 is 0 Å². The highest BCUT2D eigenvalue weighted by Crippen LogP contribution is 2.17. The van der Waals surface area contributed by atoms with Gasteiger partial charge in [-0.15, -0.1) is 0 Å². The molecule has 1 heterocycles. The molecule has 0 aromatic heterocycles. The topological polar surface area (TPSA) is 66.5 Å². The number of rotatable bonds is 2. The van der Waals surface area contributed by atoms with Crippen molar-refractivity contribution in [3.8, 4) is 0 Å². The smallest absolute Gasteiger partial charge is 0.321 e. The third kappa shape index (κ3) is 3.47. The summed E-state index contributed by atoms with van der Waals surface area (Å²) in [7, 11) is -1.34. The molecule has 1 fully saturated rings. The lowest BCUT2D eigenvalue weighted by Crippen LogP contribution is -2.40. The minimum atomic E-state index is -2.97.